The average Bonchev–Trinajstić information content (AvgIpc) is 1.67. The van der Waals surface area contributed by atoms with Gasteiger partial charge in [-0.05, 0) is 12.6 Å². The molecule has 0 radical (unpaired) electrons. The summed E-state index contributed by atoms with van der Waals surface area (Å²) in [7, 11) is 0. The summed E-state index contributed by atoms with van der Waals surface area (Å²) in [5.74, 6) is 0. The predicted octanol–water partition coefficient (Wildman–Crippen LogP) is 0.294. The molecular formula is C6H15N2+. The number of hydrogen-bond acceptors (Lipinski definition) is 1. The number of quaternary nitrogens is 1. The smallest absolute Gasteiger partial charge is 0.0795 e. The largest absolute Gasteiger partial charge is 0.357 e. The van der Waals surface area contributed by atoms with Gasteiger partial charge in [0.05, 0.1) is 6.54 Å². The molecule has 4 N–H and O–H groups in total. The minimum atomic E-state index is 0.238. The Balaban J connectivity index is 3.53. The molecule has 0 aliphatic rings. The third kappa shape index (κ3) is 2.75. The second-order valence-corrected chi connectivity index (χ2v) is 2.82. The van der Waals surface area contributed by atoms with E-state index in [1.165, 1.54) is 6.21 Å². The molecule has 0 saturated heterocycles. The van der Waals surface area contributed by atoms with E-state index >= 15 is 0 Å². The van der Waals surface area contributed by atoms with Crippen LogP contribution < -0.4 is 5.73 Å². The van der Waals surface area contributed by atoms with Gasteiger partial charge in [-0.3, -0.25) is 0 Å². The molecule has 0 fully saturated rings. The van der Waals surface area contributed by atoms with Crippen molar-refractivity contribution in [2.24, 2.45) is 5.41 Å². The van der Waals surface area contributed by atoms with Crippen molar-refractivity contribution in [3.8, 4) is 0 Å². The number of hydrogen-bond donors (Lipinski definition) is 2. The van der Waals surface area contributed by atoms with E-state index in [2.05, 4.69) is 19.6 Å². The van der Waals surface area contributed by atoms with Crippen LogP contribution in [0.3, 0.4) is 0 Å². The third-order valence-corrected chi connectivity index (χ3v) is 1.33. The Morgan fingerprint density at radius 2 is 2.12 bits per heavy atom. The van der Waals surface area contributed by atoms with E-state index in [0.717, 1.165) is 13.0 Å². The molecule has 0 amide bonds. The van der Waals surface area contributed by atoms with Crippen LogP contribution in [0, 0.1) is 10.8 Å². The highest BCUT2D eigenvalue weighted by Crippen LogP contribution is 2.14. The van der Waals surface area contributed by atoms with Crippen LogP contribution in [-0.2, 0) is 0 Å². The molecule has 0 spiro atoms. The first-order valence-corrected chi connectivity index (χ1v) is 2.90. The van der Waals surface area contributed by atoms with E-state index in [-0.39, 0.29) is 5.41 Å². The summed E-state index contributed by atoms with van der Waals surface area (Å²) < 4.78 is 0. The molecule has 2 heteroatoms. The van der Waals surface area contributed by atoms with Crippen molar-refractivity contribution in [2.45, 2.75) is 20.3 Å². The fraction of sp³-hybridized carbons (Fsp3) is 0.833. The topological polar surface area (TPSA) is 51.5 Å². The summed E-state index contributed by atoms with van der Waals surface area (Å²) in [6, 6.07) is 0. The Labute approximate surface area is 50.6 Å². The van der Waals surface area contributed by atoms with Crippen molar-refractivity contribution >= 4 is 6.21 Å². The number of nitrogens with one attached hydrogen (secondary N) is 1. The van der Waals surface area contributed by atoms with Crippen LogP contribution in [0.2, 0.25) is 0 Å². The van der Waals surface area contributed by atoms with Crippen LogP contribution in [-0.4, -0.2) is 12.8 Å². The normalized spacial score (nSPS) is 11.4. The molecule has 0 aromatic heterocycles. The lowest BCUT2D eigenvalue weighted by molar-refractivity contribution is -0.388. The van der Waals surface area contributed by atoms with Gasteiger partial charge in [-0.1, -0.05) is 13.8 Å². The molecule has 2 nitrogen and oxygen atoms in total. The molecule has 0 aliphatic carbocycles. The van der Waals surface area contributed by atoms with Crippen LogP contribution >= 0.6 is 0 Å². The standard InChI is InChI=1S/C6H14N2/c1-6(2,5-8)3-4-7/h4,7H,3,5,8H2,1-2H3/p+1. The van der Waals surface area contributed by atoms with Crippen LogP contribution in [0.4, 0.5) is 0 Å². The minimum Gasteiger partial charge on any atom is -0.357 e. The molecule has 0 aromatic carbocycles. The van der Waals surface area contributed by atoms with E-state index in [0.29, 0.717) is 0 Å². The van der Waals surface area contributed by atoms with Crippen molar-refractivity contribution in [3.63, 3.8) is 0 Å². The lowest BCUT2D eigenvalue weighted by atomic mass is 9.90. The summed E-state index contributed by atoms with van der Waals surface area (Å²) in [6.45, 7) is 5.14. The molecule has 8 heavy (non-hydrogen) atoms. The highest BCUT2D eigenvalue weighted by atomic mass is 14.6. The summed E-state index contributed by atoms with van der Waals surface area (Å²) in [5, 5.41) is 6.81. The molecular weight excluding hydrogens is 100 g/mol. The van der Waals surface area contributed by atoms with Gasteiger partial charge in [-0.15, -0.1) is 0 Å². The quantitative estimate of drug-likeness (QED) is 0.497. The van der Waals surface area contributed by atoms with E-state index < -0.39 is 0 Å². The molecule has 48 valence electrons. The average molecular weight is 115 g/mol. The zero-order chi connectivity index (χ0) is 6.62. The molecule has 0 atom stereocenters. The molecule has 0 aromatic rings. The van der Waals surface area contributed by atoms with Crippen LogP contribution in [0.5, 0.6) is 0 Å². The Hall–Kier alpha value is -0.370. The predicted molar refractivity (Wildman–Crippen MR) is 34.9 cm³/mol. The fourth-order valence-electron chi connectivity index (χ4n) is 0.378. The first-order chi connectivity index (χ1) is 3.62. The van der Waals surface area contributed by atoms with Crippen LogP contribution in [0.25, 0.3) is 0 Å². The molecule has 0 saturated carbocycles. The van der Waals surface area contributed by atoms with Gasteiger partial charge in [0, 0.05) is 5.41 Å². The second kappa shape index (κ2) is 2.82. The van der Waals surface area contributed by atoms with E-state index in [1.54, 1.807) is 0 Å². The Kier molecular flexibility index (Phi) is 2.69. The highest BCUT2D eigenvalue weighted by molar-refractivity contribution is 5.53. The zero-order valence-electron chi connectivity index (χ0n) is 5.70. The SMILES string of the molecule is CC(C)(C[NH3+])CC=N. The van der Waals surface area contributed by atoms with Crippen LogP contribution in [0.1, 0.15) is 20.3 Å². The molecule has 0 aliphatic heterocycles. The number of rotatable bonds is 3. The van der Waals surface area contributed by atoms with Gasteiger partial charge < -0.3 is 11.1 Å². The van der Waals surface area contributed by atoms with Gasteiger partial charge in [0.15, 0.2) is 0 Å². The van der Waals surface area contributed by atoms with E-state index in [1.807, 2.05) is 0 Å². The summed E-state index contributed by atoms with van der Waals surface area (Å²) in [5.41, 5.74) is 4.01. The maximum Gasteiger partial charge on any atom is 0.0795 e. The molecule has 0 bridgehead atoms. The van der Waals surface area contributed by atoms with Crippen molar-refractivity contribution in [2.75, 3.05) is 6.54 Å². The van der Waals surface area contributed by atoms with E-state index in [9.17, 15) is 0 Å². The van der Waals surface area contributed by atoms with Gasteiger partial charge in [-0.2, -0.15) is 0 Å². The summed E-state index contributed by atoms with van der Waals surface area (Å²) >= 11 is 0. The highest BCUT2D eigenvalue weighted by Gasteiger charge is 2.15. The molecule has 0 unspecified atom stereocenters. The summed E-state index contributed by atoms with van der Waals surface area (Å²) in [6.07, 6.45) is 2.29. The van der Waals surface area contributed by atoms with Gasteiger partial charge in [0.1, 0.15) is 0 Å². The summed E-state index contributed by atoms with van der Waals surface area (Å²) in [4.78, 5) is 0. The fourth-order valence-corrected chi connectivity index (χ4v) is 0.378. The lowest BCUT2D eigenvalue weighted by Crippen LogP contribution is -2.56. The van der Waals surface area contributed by atoms with Crippen LogP contribution in [0.15, 0.2) is 0 Å². The van der Waals surface area contributed by atoms with Gasteiger partial charge in [0.2, 0.25) is 0 Å². The lowest BCUT2D eigenvalue weighted by Gasteiger charge is -2.15. The first-order valence-electron chi connectivity index (χ1n) is 2.90. The van der Waals surface area contributed by atoms with Crippen molar-refractivity contribution in [1.82, 2.24) is 0 Å². The minimum absolute atomic E-state index is 0.238. The second-order valence-electron chi connectivity index (χ2n) is 2.82. The van der Waals surface area contributed by atoms with Gasteiger partial charge in [-0.25, -0.2) is 0 Å². The van der Waals surface area contributed by atoms with Crippen molar-refractivity contribution < 1.29 is 5.73 Å². The Morgan fingerprint density at radius 3 is 2.25 bits per heavy atom. The maximum absolute atomic E-state index is 6.81. The molecule has 0 heterocycles. The van der Waals surface area contributed by atoms with Gasteiger partial charge in [0.25, 0.3) is 0 Å². The monoisotopic (exact) mass is 115 g/mol. The first kappa shape index (κ1) is 7.63. The third-order valence-electron chi connectivity index (χ3n) is 1.33. The maximum atomic E-state index is 6.81. The molecule has 0 rings (SSSR count). The Bertz CT molecular complexity index is 76.6. The zero-order valence-corrected chi connectivity index (χ0v) is 5.70. The van der Waals surface area contributed by atoms with Crippen molar-refractivity contribution in [1.29, 1.82) is 5.41 Å². The Morgan fingerprint density at radius 1 is 1.62 bits per heavy atom. The van der Waals surface area contributed by atoms with Gasteiger partial charge >= 0.3 is 0 Å². The van der Waals surface area contributed by atoms with E-state index in [4.69, 9.17) is 5.41 Å². The van der Waals surface area contributed by atoms with Crippen molar-refractivity contribution in [3.05, 3.63) is 0 Å².